The Morgan fingerprint density at radius 2 is 2.27 bits per heavy atom. The van der Waals surface area contributed by atoms with Gasteiger partial charge in [0.15, 0.2) is 5.82 Å². The van der Waals surface area contributed by atoms with Crippen molar-refractivity contribution in [3.63, 3.8) is 0 Å². The maximum atomic E-state index is 5.81. The Hall–Kier alpha value is 0.01000. The van der Waals surface area contributed by atoms with Gasteiger partial charge in [0.25, 0.3) is 0 Å². The molecule has 0 saturated carbocycles. The second-order valence-corrected chi connectivity index (χ2v) is 3.29. The summed E-state index contributed by atoms with van der Waals surface area (Å²) >= 11 is 7.20. The maximum Gasteiger partial charge on any atom is 0.156 e. The van der Waals surface area contributed by atoms with Gasteiger partial charge in [-0.05, 0) is 18.0 Å². The van der Waals surface area contributed by atoms with Gasteiger partial charge in [-0.2, -0.15) is 4.37 Å². The van der Waals surface area contributed by atoms with Crippen LogP contribution < -0.4 is 5.73 Å². The predicted octanol–water partition coefficient (Wildman–Crippen LogP) is 2.75. The van der Waals surface area contributed by atoms with E-state index in [0.717, 1.165) is 17.7 Å². The lowest BCUT2D eigenvalue weighted by molar-refractivity contribution is 0.940. The van der Waals surface area contributed by atoms with Crippen molar-refractivity contribution in [2.24, 2.45) is 0 Å². The number of hydrogen-bond acceptors (Lipinski definition) is 3. The Balaban J connectivity index is 0.000001000. The zero-order chi connectivity index (χ0) is 7.56. The zero-order valence-corrected chi connectivity index (χ0v) is 8.52. The number of nitrogen functional groups attached to an aromatic ring is 1. The molecule has 2 N–H and O–H groups in total. The molecule has 1 aromatic heterocycles. The van der Waals surface area contributed by atoms with E-state index in [1.54, 1.807) is 0 Å². The molecule has 0 aliphatic heterocycles. The number of anilines is 1. The third-order valence-electron chi connectivity index (χ3n) is 1.20. The second kappa shape index (κ2) is 4.80. The number of nitrogens with two attached hydrogens (primary N) is 1. The van der Waals surface area contributed by atoms with Crippen molar-refractivity contribution in [3.05, 3.63) is 9.90 Å². The van der Waals surface area contributed by atoms with Gasteiger partial charge < -0.3 is 5.73 Å². The van der Waals surface area contributed by atoms with E-state index in [-0.39, 0.29) is 12.4 Å². The van der Waals surface area contributed by atoms with E-state index in [0.29, 0.717) is 10.8 Å². The van der Waals surface area contributed by atoms with E-state index in [1.807, 2.05) is 0 Å². The van der Waals surface area contributed by atoms with Gasteiger partial charge in [-0.25, -0.2) is 0 Å². The molecule has 1 rings (SSSR count). The van der Waals surface area contributed by atoms with Crippen molar-refractivity contribution in [3.8, 4) is 0 Å². The Morgan fingerprint density at radius 3 is 2.64 bits per heavy atom. The van der Waals surface area contributed by atoms with Gasteiger partial charge in [0, 0.05) is 4.88 Å². The molecule has 0 radical (unpaired) electrons. The van der Waals surface area contributed by atoms with Crippen molar-refractivity contribution in [1.82, 2.24) is 4.37 Å². The van der Waals surface area contributed by atoms with Crippen molar-refractivity contribution in [1.29, 1.82) is 0 Å². The number of nitrogens with zero attached hydrogens (tertiary/aromatic N) is 1. The minimum Gasteiger partial charge on any atom is -0.382 e. The summed E-state index contributed by atoms with van der Waals surface area (Å²) in [5, 5.41) is 0.645. The lowest BCUT2D eigenvalue weighted by Crippen LogP contribution is -1.84. The molecular weight excluding hydrogens is 203 g/mol. The molecule has 0 atom stereocenters. The molecule has 0 bridgehead atoms. The SMILES string of the molecule is CCCc1snc(N)c1Cl.Cl. The highest BCUT2D eigenvalue weighted by Crippen LogP contribution is 2.27. The molecule has 0 spiro atoms. The monoisotopic (exact) mass is 212 g/mol. The molecule has 1 heterocycles. The van der Waals surface area contributed by atoms with E-state index < -0.39 is 0 Å². The molecule has 0 aliphatic rings. The van der Waals surface area contributed by atoms with Crippen LogP contribution >= 0.6 is 35.5 Å². The molecule has 11 heavy (non-hydrogen) atoms. The quantitative estimate of drug-likeness (QED) is 0.820. The first-order chi connectivity index (χ1) is 4.75. The van der Waals surface area contributed by atoms with E-state index in [9.17, 15) is 0 Å². The number of halogens is 2. The van der Waals surface area contributed by atoms with Crippen LogP contribution in [0.1, 0.15) is 18.2 Å². The van der Waals surface area contributed by atoms with Crippen LogP contribution in [0.5, 0.6) is 0 Å². The highest BCUT2D eigenvalue weighted by atomic mass is 35.5. The topological polar surface area (TPSA) is 38.9 Å². The first-order valence-electron chi connectivity index (χ1n) is 3.15. The van der Waals surface area contributed by atoms with Crippen molar-refractivity contribution >= 4 is 41.4 Å². The van der Waals surface area contributed by atoms with Gasteiger partial charge in [0.1, 0.15) is 0 Å². The van der Waals surface area contributed by atoms with Crippen molar-refractivity contribution in [2.75, 3.05) is 5.73 Å². The summed E-state index contributed by atoms with van der Waals surface area (Å²) in [5.74, 6) is 0.468. The molecule has 0 unspecified atom stereocenters. The van der Waals surface area contributed by atoms with Crippen LogP contribution in [0.2, 0.25) is 5.02 Å². The summed E-state index contributed by atoms with van der Waals surface area (Å²) < 4.78 is 3.92. The van der Waals surface area contributed by atoms with Gasteiger partial charge in [0.2, 0.25) is 0 Å². The number of aromatic nitrogens is 1. The first-order valence-corrected chi connectivity index (χ1v) is 4.30. The Bertz CT molecular complexity index is 224. The van der Waals surface area contributed by atoms with E-state index in [4.69, 9.17) is 17.3 Å². The van der Waals surface area contributed by atoms with E-state index in [1.165, 1.54) is 11.5 Å². The molecule has 0 fully saturated rings. The molecule has 5 heteroatoms. The van der Waals surface area contributed by atoms with Gasteiger partial charge in [-0.15, -0.1) is 12.4 Å². The molecule has 0 amide bonds. The average Bonchev–Trinajstić information content (AvgIpc) is 2.20. The minimum atomic E-state index is 0. The van der Waals surface area contributed by atoms with Crippen LogP contribution in [0.3, 0.4) is 0 Å². The number of rotatable bonds is 2. The van der Waals surface area contributed by atoms with Crippen molar-refractivity contribution < 1.29 is 0 Å². The second-order valence-electron chi connectivity index (χ2n) is 2.05. The molecule has 0 aromatic carbocycles. The first kappa shape index (κ1) is 11.0. The van der Waals surface area contributed by atoms with Crippen molar-refractivity contribution in [2.45, 2.75) is 19.8 Å². The van der Waals surface area contributed by atoms with E-state index >= 15 is 0 Å². The Kier molecular flexibility index (Phi) is 4.81. The largest absolute Gasteiger partial charge is 0.382 e. The van der Waals surface area contributed by atoms with E-state index in [2.05, 4.69) is 11.3 Å². The van der Waals surface area contributed by atoms with Crippen LogP contribution in [0.4, 0.5) is 5.82 Å². The van der Waals surface area contributed by atoms with Gasteiger partial charge in [-0.1, -0.05) is 24.9 Å². The predicted molar refractivity (Wildman–Crippen MR) is 52.8 cm³/mol. The summed E-state index contributed by atoms with van der Waals surface area (Å²) in [5.41, 5.74) is 5.44. The summed E-state index contributed by atoms with van der Waals surface area (Å²) in [4.78, 5) is 1.10. The van der Waals surface area contributed by atoms with Gasteiger partial charge in [-0.3, -0.25) is 0 Å². The average molecular weight is 213 g/mol. The van der Waals surface area contributed by atoms with Crippen LogP contribution in [-0.2, 0) is 6.42 Å². The molecule has 2 nitrogen and oxygen atoms in total. The normalized spacial score (nSPS) is 9.27. The zero-order valence-electron chi connectivity index (χ0n) is 6.13. The summed E-state index contributed by atoms with van der Waals surface area (Å²) in [6.45, 7) is 2.10. The Labute approximate surface area is 81.3 Å². The maximum absolute atomic E-state index is 5.81. The minimum absolute atomic E-state index is 0. The lowest BCUT2D eigenvalue weighted by atomic mass is 10.3. The standard InChI is InChI=1S/C6H9ClN2S.ClH/c1-2-3-4-5(7)6(8)9-10-4;/h2-3H2,1H3,(H2,8,9);1H. The fourth-order valence-corrected chi connectivity index (χ4v) is 1.78. The summed E-state index contributed by atoms with van der Waals surface area (Å²) in [7, 11) is 0. The lowest BCUT2D eigenvalue weighted by Gasteiger charge is -1.90. The van der Waals surface area contributed by atoms with Gasteiger partial charge in [0.05, 0.1) is 5.02 Å². The smallest absolute Gasteiger partial charge is 0.156 e. The molecule has 0 aliphatic carbocycles. The highest BCUT2D eigenvalue weighted by Gasteiger charge is 2.06. The highest BCUT2D eigenvalue weighted by molar-refractivity contribution is 7.06. The molecular formula is C6H10Cl2N2S. The van der Waals surface area contributed by atoms with Crippen LogP contribution in [0.15, 0.2) is 0 Å². The number of hydrogen-bond donors (Lipinski definition) is 1. The van der Waals surface area contributed by atoms with Crippen LogP contribution in [-0.4, -0.2) is 4.37 Å². The number of aryl methyl sites for hydroxylation is 1. The summed E-state index contributed by atoms with van der Waals surface area (Å²) in [6, 6.07) is 0. The fraction of sp³-hybridized carbons (Fsp3) is 0.500. The molecule has 0 saturated heterocycles. The molecule has 64 valence electrons. The van der Waals surface area contributed by atoms with Crippen LogP contribution in [0, 0.1) is 0 Å². The summed E-state index contributed by atoms with van der Waals surface area (Å²) in [6.07, 6.45) is 2.06. The third-order valence-corrected chi connectivity index (χ3v) is 2.65. The Morgan fingerprint density at radius 1 is 1.64 bits per heavy atom. The third kappa shape index (κ3) is 2.51. The van der Waals surface area contributed by atoms with Crippen LogP contribution in [0.25, 0.3) is 0 Å². The fourth-order valence-electron chi connectivity index (χ4n) is 0.710. The molecule has 1 aromatic rings. The van der Waals surface area contributed by atoms with Gasteiger partial charge >= 0.3 is 0 Å².